The number of rotatable bonds is 5. The Hall–Kier alpha value is -2.95. The van der Waals surface area contributed by atoms with Crippen molar-refractivity contribution in [3.05, 3.63) is 11.9 Å². The number of carbonyl (C=O) groups is 3. The Labute approximate surface area is 232 Å². The number of amides is 1. The molecule has 3 aliphatic rings. The van der Waals surface area contributed by atoms with Crippen LogP contribution >= 0.6 is 0 Å². The van der Waals surface area contributed by atoms with E-state index in [2.05, 4.69) is 26.3 Å². The third-order valence-electron chi connectivity index (χ3n) is 7.09. The number of halogens is 6. The van der Waals surface area contributed by atoms with Gasteiger partial charge in [-0.2, -0.15) is 26.3 Å². The number of carboxylic acids is 2. The highest BCUT2D eigenvalue weighted by Crippen LogP contribution is 2.28. The van der Waals surface area contributed by atoms with Gasteiger partial charge in [-0.25, -0.2) is 9.59 Å². The molecule has 3 fully saturated rings. The van der Waals surface area contributed by atoms with Gasteiger partial charge in [-0.05, 0) is 38.0 Å². The molecule has 0 unspecified atom stereocenters. The SMILES string of the molecule is N[C@@H]1CCN(Cc2cn(CC3CCN(C(=O)C4CCCCC4)CC3)nn2)C1.O=C(O)C(F)(F)F.O=C(O)C(F)(F)F. The Morgan fingerprint density at radius 1 is 0.878 bits per heavy atom. The quantitative estimate of drug-likeness (QED) is 0.432. The number of carboxylic acid groups (broad SMARTS) is 2. The minimum Gasteiger partial charge on any atom is -0.475 e. The molecule has 1 aromatic rings. The smallest absolute Gasteiger partial charge is 0.475 e. The summed E-state index contributed by atoms with van der Waals surface area (Å²) < 4.78 is 65.5. The second-order valence-corrected chi connectivity index (χ2v) is 10.4. The summed E-state index contributed by atoms with van der Waals surface area (Å²) in [6.45, 7) is 5.60. The molecule has 4 N–H and O–H groups in total. The Balaban J connectivity index is 0.000000349. The molecule has 2 saturated heterocycles. The average Bonchev–Trinajstić information content (AvgIpc) is 3.52. The fourth-order valence-corrected chi connectivity index (χ4v) is 4.94. The number of carbonyl (C=O) groups excluding carboxylic acids is 1. The number of nitrogens with two attached hydrogens (primary N) is 1. The van der Waals surface area contributed by atoms with Gasteiger partial charge in [-0.15, -0.1) is 5.10 Å². The van der Waals surface area contributed by atoms with Crippen LogP contribution in [0.2, 0.25) is 0 Å². The number of nitrogens with zero attached hydrogens (tertiary/aromatic N) is 5. The van der Waals surface area contributed by atoms with Crippen molar-refractivity contribution in [2.45, 2.75) is 82.9 Å². The summed E-state index contributed by atoms with van der Waals surface area (Å²) in [5, 5.41) is 22.9. The molecule has 11 nitrogen and oxygen atoms in total. The predicted molar refractivity (Wildman–Crippen MR) is 131 cm³/mol. The first-order chi connectivity index (χ1) is 19.1. The molecule has 17 heteroatoms. The summed E-state index contributed by atoms with van der Waals surface area (Å²) in [6.07, 6.45) is 1.11. The van der Waals surface area contributed by atoms with Crippen molar-refractivity contribution in [3.8, 4) is 0 Å². The molecule has 0 bridgehead atoms. The fraction of sp³-hybridized carbons (Fsp3) is 0.792. The summed E-state index contributed by atoms with van der Waals surface area (Å²) in [5.74, 6) is -4.21. The molecule has 1 aliphatic carbocycles. The van der Waals surface area contributed by atoms with Crippen LogP contribution in [0.25, 0.3) is 0 Å². The number of aliphatic carboxylic acids is 2. The standard InChI is InChI=1S/C20H34N6O.2C2HF3O2/c21-18-8-9-24(13-18)14-19-15-26(23-22-19)12-16-6-10-25(11-7-16)20(27)17-4-2-1-3-5-17;2*3-2(4,5)1(6)7/h15-18H,1-14,21H2;2*(H,6,7)/t18-;;/m1../s1. The number of hydrogen-bond acceptors (Lipinski definition) is 7. The number of likely N-dealkylation sites (tertiary alicyclic amines) is 2. The number of piperidine rings is 1. The third-order valence-corrected chi connectivity index (χ3v) is 7.09. The van der Waals surface area contributed by atoms with Crippen molar-refractivity contribution in [3.63, 3.8) is 0 Å². The highest BCUT2D eigenvalue weighted by molar-refractivity contribution is 5.79. The second kappa shape index (κ2) is 15.3. The van der Waals surface area contributed by atoms with Gasteiger partial charge >= 0.3 is 24.3 Å². The first-order valence-electron chi connectivity index (χ1n) is 13.3. The van der Waals surface area contributed by atoms with E-state index in [1.54, 1.807) is 0 Å². The molecular weight excluding hydrogens is 566 g/mol. The lowest BCUT2D eigenvalue weighted by molar-refractivity contribution is -0.193. The van der Waals surface area contributed by atoms with Gasteiger partial charge in [0.2, 0.25) is 5.91 Å². The lowest BCUT2D eigenvalue weighted by Crippen LogP contribution is -2.42. The summed E-state index contributed by atoms with van der Waals surface area (Å²) in [7, 11) is 0. The Morgan fingerprint density at radius 2 is 1.41 bits per heavy atom. The second-order valence-electron chi connectivity index (χ2n) is 10.4. The summed E-state index contributed by atoms with van der Waals surface area (Å²) in [4.78, 5) is 35.0. The molecule has 0 spiro atoms. The van der Waals surface area contributed by atoms with Crippen LogP contribution in [0.5, 0.6) is 0 Å². The number of aromatic nitrogens is 3. The van der Waals surface area contributed by atoms with Crippen LogP contribution in [0.3, 0.4) is 0 Å². The number of alkyl halides is 6. The number of hydrogen-bond donors (Lipinski definition) is 3. The molecule has 3 heterocycles. The van der Waals surface area contributed by atoms with E-state index in [1.165, 1.54) is 19.3 Å². The first kappa shape index (κ1) is 34.3. The average molecular weight is 603 g/mol. The molecule has 0 aromatic carbocycles. The first-order valence-corrected chi connectivity index (χ1v) is 13.3. The van der Waals surface area contributed by atoms with E-state index in [-0.39, 0.29) is 0 Å². The van der Waals surface area contributed by atoms with Crippen LogP contribution in [0.15, 0.2) is 6.20 Å². The molecule has 0 radical (unpaired) electrons. The van der Waals surface area contributed by atoms with Gasteiger partial charge in [-0.1, -0.05) is 24.5 Å². The summed E-state index contributed by atoms with van der Waals surface area (Å²) in [5.41, 5.74) is 7.01. The predicted octanol–water partition coefficient (Wildman–Crippen LogP) is 2.90. The van der Waals surface area contributed by atoms with Crippen molar-refractivity contribution >= 4 is 17.8 Å². The van der Waals surface area contributed by atoms with E-state index in [9.17, 15) is 31.1 Å². The van der Waals surface area contributed by atoms with Crippen LogP contribution in [0.4, 0.5) is 26.3 Å². The van der Waals surface area contributed by atoms with Crippen LogP contribution in [0.1, 0.15) is 57.1 Å². The minimum atomic E-state index is -5.08. The molecule has 1 amide bonds. The van der Waals surface area contributed by atoms with Crippen LogP contribution in [-0.2, 0) is 27.5 Å². The van der Waals surface area contributed by atoms with E-state index in [1.807, 2.05) is 4.68 Å². The van der Waals surface area contributed by atoms with Crippen molar-refractivity contribution in [1.29, 1.82) is 0 Å². The monoisotopic (exact) mass is 602 g/mol. The van der Waals surface area contributed by atoms with Gasteiger partial charge in [0.1, 0.15) is 0 Å². The molecular formula is C24H36F6N6O5. The van der Waals surface area contributed by atoms with Crippen LogP contribution < -0.4 is 5.73 Å². The molecule has 41 heavy (non-hydrogen) atoms. The maximum absolute atomic E-state index is 12.7. The van der Waals surface area contributed by atoms with E-state index in [4.69, 9.17) is 25.5 Å². The molecule has 234 valence electrons. The van der Waals surface area contributed by atoms with Gasteiger partial charge < -0.3 is 20.8 Å². The summed E-state index contributed by atoms with van der Waals surface area (Å²) >= 11 is 0. The largest absolute Gasteiger partial charge is 0.490 e. The van der Waals surface area contributed by atoms with Gasteiger partial charge in [0, 0.05) is 57.4 Å². The van der Waals surface area contributed by atoms with E-state index in [0.717, 1.165) is 77.1 Å². The molecule has 1 aromatic heterocycles. The topological polar surface area (TPSA) is 155 Å². The maximum Gasteiger partial charge on any atom is 0.490 e. The van der Waals surface area contributed by atoms with Crippen LogP contribution in [0, 0.1) is 11.8 Å². The summed E-state index contributed by atoms with van der Waals surface area (Å²) in [6, 6.07) is 0.307. The van der Waals surface area contributed by atoms with Gasteiger partial charge in [0.15, 0.2) is 0 Å². The van der Waals surface area contributed by atoms with Crippen molar-refractivity contribution < 1.29 is 50.9 Å². The normalized spacial score (nSPS) is 21.0. The zero-order valence-electron chi connectivity index (χ0n) is 22.4. The minimum absolute atomic E-state index is 0.298. The van der Waals surface area contributed by atoms with E-state index >= 15 is 0 Å². The Morgan fingerprint density at radius 3 is 1.88 bits per heavy atom. The molecule has 1 atom stereocenters. The zero-order valence-corrected chi connectivity index (χ0v) is 22.4. The fourth-order valence-electron chi connectivity index (χ4n) is 4.94. The lowest BCUT2D eigenvalue weighted by Gasteiger charge is -2.35. The van der Waals surface area contributed by atoms with Gasteiger partial charge in [0.25, 0.3) is 0 Å². The third kappa shape index (κ3) is 12.2. The molecule has 1 saturated carbocycles. The van der Waals surface area contributed by atoms with Gasteiger partial charge in [0.05, 0.1) is 5.69 Å². The van der Waals surface area contributed by atoms with Crippen molar-refractivity contribution in [1.82, 2.24) is 24.8 Å². The highest BCUT2D eigenvalue weighted by atomic mass is 19.4. The Kier molecular flexibility index (Phi) is 12.8. The van der Waals surface area contributed by atoms with E-state index < -0.39 is 24.3 Å². The van der Waals surface area contributed by atoms with E-state index in [0.29, 0.717) is 23.8 Å². The molecule has 2 aliphatic heterocycles. The molecule has 4 rings (SSSR count). The van der Waals surface area contributed by atoms with Crippen molar-refractivity contribution in [2.24, 2.45) is 17.6 Å². The zero-order chi connectivity index (χ0) is 30.8. The lowest BCUT2D eigenvalue weighted by atomic mass is 9.87. The van der Waals surface area contributed by atoms with Crippen molar-refractivity contribution in [2.75, 3.05) is 26.2 Å². The Bertz CT molecular complexity index is 966. The van der Waals surface area contributed by atoms with Crippen LogP contribution in [-0.4, -0.2) is 97.4 Å². The highest BCUT2D eigenvalue weighted by Gasteiger charge is 2.39. The maximum atomic E-state index is 12.7. The van der Waals surface area contributed by atoms with Gasteiger partial charge in [-0.3, -0.25) is 14.4 Å².